The lowest BCUT2D eigenvalue weighted by molar-refractivity contribution is -0.968. The monoisotopic (exact) mass is 464 g/mol. The van der Waals surface area contributed by atoms with Gasteiger partial charge in [0, 0.05) is 23.3 Å². The van der Waals surface area contributed by atoms with Crippen molar-refractivity contribution in [2.24, 2.45) is 23.7 Å². The first-order valence-electron chi connectivity index (χ1n) is 13.0. The van der Waals surface area contributed by atoms with Gasteiger partial charge in [-0.1, -0.05) is 32.9 Å². The predicted molar refractivity (Wildman–Crippen MR) is 136 cm³/mol. The Morgan fingerprint density at radius 3 is 2.06 bits per heavy atom. The van der Waals surface area contributed by atoms with E-state index in [2.05, 4.69) is 64.1 Å². The molecule has 4 nitrogen and oxygen atoms in total. The second kappa shape index (κ2) is 8.57. The largest absolute Gasteiger partial charge is 0.497 e. The first-order valence-corrected chi connectivity index (χ1v) is 13.0. The molecule has 2 saturated heterocycles. The topological polar surface area (TPSA) is 27.7 Å². The molecule has 1 saturated carbocycles. The van der Waals surface area contributed by atoms with Crippen LogP contribution in [-0.4, -0.2) is 42.9 Å². The smallest absolute Gasteiger partial charge is 0.128 e. The van der Waals surface area contributed by atoms with Crippen molar-refractivity contribution >= 4 is 0 Å². The summed E-state index contributed by atoms with van der Waals surface area (Å²) in [6, 6.07) is 17.1. The summed E-state index contributed by atoms with van der Waals surface area (Å²) in [5.41, 5.74) is 2.80. The number of quaternary nitrogens is 1. The lowest BCUT2D eigenvalue weighted by Gasteiger charge is -2.43. The van der Waals surface area contributed by atoms with Crippen LogP contribution in [0.2, 0.25) is 0 Å². The fourth-order valence-electron chi connectivity index (χ4n) is 8.37. The third-order valence-electron chi connectivity index (χ3n) is 10.00. The van der Waals surface area contributed by atoms with E-state index in [9.17, 15) is 0 Å². The van der Waals surface area contributed by atoms with Crippen molar-refractivity contribution in [2.75, 3.05) is 27.3 Å². The number of hydrogen-bond donors (Lipinski definition) is 0. The van der Waals surface area contributed by atoms with Crippen LogP contribution in [0.5, 0.6) is 11.5 Å². The van der Waals surface area contributed by atoms with Gasteiger partial charge in [-0.25, -0.2) is 0 Å². The van der Waals surface area contributed by atoms with Gasteiger partial charge in [-0.3, -0.25) is 0 Å². The van der Waals surface area contributed by atoms with E-state index in [-0.39, 0.29) is 11.1 Å². The standard InChI is InChI=1S/C30H42NO3/c1-21(2)30(34-19-24-9-13-26(33-6)14-10-24)20-31(18-23-7-11-25(32-5)12-8-23)17-22(3)27-15-16-28(30)29(27,31)4/h7-14,21-22,27-28H,15-20H2,1-6H3/q+1/t22-,27+,28+,29-,30+,31-/m1/s1. The quantitative estimate of drug-likeness (QED) is 0.443. The van der Waals surface area contributed by atoms with Crippen LogP contribution in [0.15, 0.2) is 48.5 Å². The average Bonchev–Trinajstić information content (AvgIpc) is 3.38. The third kappa shape index (κ3) is 3.40. The molecule has 0 amide bonds. The van der Waals surface area contributed by atoms with Crippen LogP contribution in [0, 0.1) is 23.7 Å². The van der Waals surface area contributed by atoms with E-state index in [1.807, 2.05) is 12.1 Å². The molecule has 0 N–H and O–H groups in total. The molecular formula is C30H42NO3+. The minimum absolute atomic E-state index is 0.101. The Bertz CT molecular complexity index is 1000. The summed E-state index contributed by atoms with van der Waals surface area (Å²) in [5.74, 6) is 4.43. The second-order valence-corrected chi connectivity index (χ2v) is 11.7. The van der Waals surface area contributed by atoms with Crippen molar-refractivity contribution in [3.8, 4) is 11.5 Å². The van der Waals surface area contributed by atoms with Crippen molar-refractivity contribution in [1.29, 1.82) is 0 Å². The van der Waals surface area contributed by atoms with Crippen LogP contribution in [0.25, 0.3) is 0 Å². The molecule has 2 heterocycles. The first-order chi connectivity index (χ1) is 16.3. The van der Waals surface area contributed by atoms with Crippen molar-refractivity contribution in [3.63, 3.8) is 0 Å². The van der Waals surface area contributed by atoms with Gasteiger partial charge in [0.15, 0.2) is 0 Å². The van der Waals surface area contributed by atoms with Gasteiger partial charge in [0.05, 0.1) is 27.4 Å². The van der Waals surface area contributed by atoms with Gasteiger partial charge in [-0.15, -0.1) is 0 Å². The van der Waals surface area contributed by atoms with Crippen molar-refractivity contribution in [2.45, 2.75) is 64.8 Å². The molecule has 0 unspecified atom stereocenters. The lowest BCUT2D eigenvalue weighted by atomic mass is 9.72. The zero-order valence-corrected chi connectivity index (χ0v) is 21.8. The van der Waals surface area contributed by atoms with Crippen molar-refractivity contribution < 1.29 is 18.7 Å². The Balaban J connectivity index is 1.49. The number of rotatable bonds is 8. The lowest BCUT2D eigenvalue weighted by Crippen LogP contribution is -2.57. The highest BCUT2D eigenvalue weighted by Gasteiger charge is 2.78. The Hall–Kier alpha value is -2.04. The fraction of sp³-hybridized carbons (Fsp3) is 0.600. The van der Waals surface area contributed by atoms with Gasteiger partial charge in [0.2, 0.25) is 0 Å². The number of methoxy groups -OCH3 is 2. The zero-order chi connectivity index (χ0) is 24.1. The van der Waals surface area contributed by atoms with Gasteiger partial charge >= 0.3 is 0 Å². The maximum absolute atomic E-state index is 7.10. The second-order valence-electron chi connectivity index (χ2n) is 11.7. The Kier molecular flexibility index (Phi) is 5.97. The van der Waals surface area contributed by atoms with Gasteiger partial charge < -0.3 is 18.7 Å². The molecule has 1 aliphatic carbocycles. The Labute approximate surface area is 205 Å². The van der Waals surface area contributed by atoms with Gasteiger partial charge in [0.25, 0.3) is 0 Å². The fourth-order valence-corrected chi connectivity index (χ4v) is 8.37. The summed E-state index contributed by atoms with van der Waals surface area (Å²) in [7, 11) is 3.46. The van der Waals surface area contributed by atoms with Crippen molar-refractivity contribution in [1.82, 2.24) is 0 Å². The summed E-state index contributed by atoms with van der Waals surface area (Å²) in [6.45, 7) is 14.0. The highest BCUT2D eigenvalue weighted by atomic mass is 16.5. The third-order valence-corrected chi connectivity index (χ3v) is 10.00. The van der Waals surface area contributed by atoms with E-state index in [0.29, 0.717) is 18.4 Å². The van der Waals surface area contributed by atoms with Gasteiger partial charge in [-0.2, -0.15) is 0 Å². The number of benzene rings is 2. The maximum atomic E-state index is 7.10. The summed E-state index contributed by atoms with van der Waals surface area (Å²) in [4.78, 5) is 0. The zero-order valence-electron chi connectivity index (χ0n) is 21.8. The summed E-state index contributed by atoms with van der Waals surface area (Å²) in [6.07, 6.45) is 2.63. The van der Waals surface area contributed by atoms with Crippen LogP contribution >= 0.6 is 0 Å². The number of nitrogens with zero attached hydrogens (tertiary/aromatic N) is 1. The predicted octanol–water partition coefficient (Wildman–Crippen LogP) is 6.08. The summed E-state index contributed by atoms with van der Waals surface area (Å²) >= 11 is 0. The molecule has 3 fully saturated rings. The Morgan fingerprint density at radius 1 is 0.912 bits per heavy atom. The molecule has 34 heavy (non-hydrogen) atoms. The van der Waals surface area contributed by atoms with Crippen LogP contribution < -0.4 is 9.47 Å². The number of hydrogen-bond acceptors (Lipinski definition) is 3. The molecule has 184 valence electrons. The number of ether oxygens (including phenoxy) is 3. The minimum Gasteiger partial charge on any atom is -0.497 e. The van der Waals surface area contributed by atoms with Gasteiger partial charge in [-0.05, 0) is 67.6 Å². The van der Waals surface area contributed by atoms with E-state index in [1.165, 1.54) is 30.5 Å². The van der Waals surface area contributed by atoms with Crippen LogP contribution in [0.3, 0.4) is 0 Å². The molecule has 0 radical (unpaired) electrons. The van der Waals surface area contributed by atoms with Crippen LogP contribution in [0.1, 0.15) is 51.7 Å². The molecular weight excluding hydrogens is 422 g/mol. The SMILES string of the molecule is COc1ccc(CO[C@]2(C(C)C)C[N@+]3(Cc4ccc(OC)cc4)C[C@@H](C)[C@@H]4CC[C@H]2[C@@]43C)cc1. The van der Waals surface area contributed by atoms with E-state index >= 15 is 0 Å². The molecule has 0 aromatic heterocycles. The van der Waals surface area contributed by atoms with Crippen LogP contribution in [0.4, 0.5) is 0 Å². The molecule has 4 heteroatoms. The maximum Gasteiger partial charge on any atom is 0.128 e. The van der Waals surface area contributed by atoms with Crippen LogP contribution in [-0.2, 0) is 17.9 Å². The molecule has 2 aliphatic heterocycles. The molecule has 2 aromatic carbocycles. The molecule has 6 atom stereocenters. The first kappa shape index (κ1) is 23.7. The molecule has 3 aliphatic rings. The van der Waals surface area contributed by atoms with E-state index in [4.69, 9.17) is 14.2 Å². The van der Waals surface area contributed by atoms with Gasteiger partial charge in [0.1, 0.15) is 35.7 Å². The van der Waals surface area contributed by atoms with Crippen molar-refractivity contribution in [3.05, 3.63) is 59.7 Å². The average molecular weight is 465 g/mol. The van der Waals surface area contributed by atoms with E-state index < -0.39 is 0 Å². The molecule has 0 bridgehead atoms. The summed E-state index contributed by atoms with van der Waals surface area (Å²) < 4.78 is 19.0. The van der Waals surface area contributed by atoms with E-state index in [1.54, 1.807) is 14.2 Å². The Morgan fingerprint density at radius 2 is 1.50 bits per heavy atom. The van der Waals surface area contributed by atoms with E-state index in [0.717, 1.165) is 40.9 Å². The molecule has 2 aromatic rings. The summed E-state index contributed by atoms with van der Waals surface area (Å²) in [5, 5.41) is 0. The highest BCUT2D eigenvalue weighted by Crippen LogP contribution is 2.67. The normalized spacial score (nSPS) is 36.1. The highest BCUT2D eigenvalue weighted by molar-refractivity contribution is 5.28. The molecule has 0 spiro atoms. The minimum atomic E-state index is -0.101. The molecule has 5 rings (SSSR count).